The summed E-state index contributed by atoms with van der Waals surface area (Å²) in [5.41, 5.74) is 7.20. The van der Waals surface area contributed by atoms with E-state index in [0.717, 1.165) is 0 Å². The number of hydrogen-bond acceptors (Lipinski definition) is 3. The van der Waals surface area contributed by atoms with Crippen molar-refractivity contribution in [2.45, 2.75) is 13.8 Å². The summed E-state index contributed by atoms with van der Waals surface area (Å²) >= 11 is 0. The third-order valence-corrected chi connectivity index (χ3v) is 1.80. The molecule has 74 valence electrons. The number of aliphatic hydroxyl groups excluding tert-OH is 2. The number of nitrogens with two attached hydrogens (primary N) is 1. The molecule has 0 bridgehead atoms. The van der Waals surface area contributed by atoms with Gasteiger partial charge in [-0.1, -0.05) is 12.7 Å². The number of allylic oxidation sites excluding steroid dienone is 2. The maximum atomic E-state index is 9.57. The molecule has 13 heavy (non-hydrogen) atoms. The first-order valence-electron chi connectivity index (χ1n) is 4.12. The molecular formula is C10H17NO2. The molecule has 0 aromatic heterocycles. The molecule has 3 heteroatoms. The molecular weight excluding hydrogens is 166 g/mol. The maximum absolute atomic E-state index is 9.57. The van der Waals surface area contributed by atoms with Crippen molar-refractivity contribution in [1.82, 2.24) is 0 Å². The Morgan fingerprint density at radius 2 is 2.08 bits per heavy atom. The lowest BCUT2D eigenvalue weighted by molar-refractivity contribution is 0.330. The molecule has 0 aromatic rings. The molecule has 0 heterocycles. The van der Waals surface area contributed by atoms with Gasteiger partial charge in [0.1, 0.15) is 5.76 Å². The first-order chi connectivity index (χ1) is 6.08. The molecule has 3 nitrogen and oxygen atoms in total. The summed E-state index contributed by atoms with van der Waals surface area (Å²) in [6.45, 7) is 7.15. The van der Waals surface area contributed by atoms with Crippen molar-refractivity contribution in [3.8, 4) is 0 Å². The lowest BCUT2D eigenvalue weighted by atomic mass is 10.0. The van der Waals surface area contributed by atoms with Crippen LogP contribution >= 0.6 is 0 Å². The van der Waals surface area contributed by atoms with Crippen LogP contribution in [0.2, 0.25) is 0 Å². The van der Waals surface area contributed by atoms with Crippen molar-refractivity contribution in [3.05, 3.63) is 35.1 Å². The normalized spacial score (nSPS) is 14.0. The molecule has 0 aromatic carbocycles. The van der Waals surface area contributed by atoms with E-state index in [9.17, 15) is 5.11 Å². The van der Waals surface area contributed by atoms with Crippen LogP contribution in [-0.4, -0.2) is 23.4 Å². The molecule has 0 radical (unpaired) electrons. The second kappa shape index (κ2) is 5.56. The Morgan fingerprint density at radius 1 is 1.54 bits per heavy atom. The molecule has 0 unspecified atom stereocenters. The molecule has 0 amide bonds. The van der Waals surface area contributed by atoms with E-state index in [2.05, 4.69) is 6.58 Å². The molecule has 0 saturated heterocycles. The number of rotatable bonds is 4. The topological polar surface area (TPSA) is 66.5 Å². The van der Waals surface area contributed by atoms with E-state index in [1.54, 1.807) is 19.9 Å². The smallest absolute Gasteiger partial charge is 0.122 e. The van der Waals surface area contributed by atoms with E-state index < -0.39 is 0 Å². The van der Waals surface area contributed by atoms with Crippen molar-refractivity contribution in [1.29, 1.82) is 0 Å². The minimum Gasteiger partial charge on any atom is -0.507 e. The summed E-state index contributed by atoms with van der Waals surface area (Å²) in [6, 6.07) is 0. The van der Waals surface area contributed by atoms with Gasteiger partial charge in [0.05, 0.1) is 6.61 Å². The fourth-order valence-corrected chi connectivity index (χ4v) is 0.998. The third-order valence-electron chi connectivity index (χ3n) is 1.80. The van der Waals surface area contributed by atoms with Crippen LogP contribution in [0.3, 0.4) is 0 Å². The average molecular weight is 183 g/mol. The van der Waals surface area contributed by atoms with Crippen LogP contribution in [0.15, 0.2) is 35.1 Å². The molecule has 0 aliphatic carbocycles. The van der Waals surface area contributed by atoms with E-state index >= 15 is 0 Å². The van der Waals surface area contributed by atoms with E-state index in [1.165, 1.54) is 0 Å². The highest BCUT2D eigenvalue weighted by Gasteiger charge is 2.08. The van der Waals surface area contributed by atoms with Crippen LogP contribution in [0.4, 0.5) is 0 Å². The Morgan fingerprint density at radius 3 is 2.31 bits per heavy atom. The summed E-state index contributed by atoms with van der Waals surface area (Å²) in [4.78, 5) is 0. The lowest BCUT2D eigenvalue weighted by Gasteiger charge is -2.10. The second-order valence-electron chi connectivity index (χ2n) is 2.78. The predicted molar refractivity (Wildman–Crippen MR) is 54.4 cm³/mol. The van der Waals surface area contributed by atoms with Gasteiger partial charge >= 0.3 is 0 Å². The highest BCUT2D eigenvalue weighted by atomic mass is 16.3. The van der Waals surface area contributed by atoms with Crippen molar-refractivity contribution < 1.29 is 10.2 Å². The Kier molecular flexibility index (Phi) is 5.11. The summed E-state index contributed by atoms with van der Waals surface area (Å²) in [6.07, 6.45) is 1.72. The van der Waals surface area contributed by atoms with Gasteiger partial charge in [0.2, 0.25) is 0 Å². The fourth-order valence-electron chi connectivity index (χ4n) is 0.998. The van der Waals surface area contributed by atoms with Crippen LogP contribution < -0.4 is 5.73 Å². The number of hydrogen-bond donors (Lipinski definition) is 3. The average Bonchev–Trinajstić information content (AvgIpc) is 2.12. The SMILES string of the molecule is C=C(C)/C(O)=C(CN)\C(=C/C)CO. The van der Waals surface area contributed by atoms with E-state index in [0.29, 0.717) is 16.7 Å². The van der Waals surface area contributed by atoms with E-state index in [4.69, 9.17) is 10.8 Å². The van der Waals surface area contributed by atoms with Crippen molar-refractivity contribution in [2.75, 3.05) is 13.2 Å². The van der Waals surface area contributed by atoms with Gasteiger partial charge in [0.15, 0.2) is 0 Å². The fraction of sp³-hybridized carbons (Fsp3) is 0.400. The Bertz CT molecular complexity index is 252. The third kappa shape index (κ3) is 3.05. The molecule has 0 fully saturated rings. The van der Waals surface area contributed by atoms with Crippen LogP contribution in [0.25, 0.3) is 0 Å². The lowest BCUT2D eigenvalue weighted by Crippen LogP contribution is -2.11. The monoisotopic (exact) mass is 183 g/mol. The minimum atomic E-state index is -0.125. The summed E-state index contributed by atoms with van der Waals surface area (Å²) in [5, 5.41) is 18.5. The molecule has 0 atom stereocenters. The summed E-state index contributed by atoms with van der Waals surface area (Å²) < 4.78 is 0. The van der Waals surface area contributed by atoms with Gasteiger partial charge in [-0.05, 0) is 25.0 Å². The Labute approximate surface area is 78.9 Å². The van der Waals surface area contributed by atoms with Gasteiger partial charge in [0, 0.05) is 12.1 Å². The van der Waals surface area contributed by atoms with Crippen LogP contribution in [0, 0.1) is 0 Å². The molecule has 0 saturated carbocycles. The van der Waals surface area contributed by atoms with Crippen molar-refractivity contribution >= 4 is 0 Å². The summed E-state index contributed by atoms with van der Waals surface area (Å²) in [5.74, 6) is 0.0738. The zero-order chi connectivity index (χ0) is 10.4. The van der Waals surface area contributed by atoms with Gasteiger partial charge in [-0.15, -0.1) is 0 Å². The van der Waals surface area contributed by atoms with Gasteiger partial charge in [-0.25, -0.2) is 0 Å². The van der Waals surface area contributed by atoms with Crippen LogP contribution in [0.1, 0.15) is 13.8 Å². The predicted octanol–water partition coefficient (Wildman–Crippen LogP) is 1.27. The first kappa shape index (κ1) is 11.9. The second-order valence-corrected chi connectivity index (χ2v) is 2.78. The van der Waals surface area contributed by atoms with Crippen LogP contribution in [-0.2, 0) is 0 Å². The maximum Gasteiger partial charge on any atom is 0.122 e. The largest absolute Gasteiger partial charge is 0.507 e. The highest BCUT2D eigenvalue weighted by Crippen LogP contribution is 2.16. The zero-order valence-corrected chi connectivity index (χ0v) is 8.17. The molecule has 0 spiro atoms. The van der Waals surface area contributed by atoms with E-state index in [-0.39, 0.29) is 18.9 Å². The Hall–Kier alpha value is -1.06. The molecule has 4 N–H and O–H groups in total. The highest BCUT2D eigenvalue weighted by molar-refractivity contribution is 5.40. The van der Waals surface area contributed by atoms with Gasteiger partial charge in [0.25, 0.3) is 0 Å². The molecule has 0 aliphatic rings. The van der Waals surface area contributed by atoms with Crippen molar-refractivity contribution in [3.63, 3.8) is 0 Å². The van der Waals surface area contributed by atoms with E-state index in [1.807, 2.05) is 0 Å². The van der Waals surface area contributed by atoms with Crippen LogP contribution in [0.5, 0.6) is 0 Å². The zero-order valence-electron chi connectivity index (χ0n) is 8.17. The number of aliphatic hydroxyl groups is 2. The van der Waals surface area contributed by atoms with Crippen molar-refractivity contribution in [2.24, 2.45) is 5.73 Å². The molecule has 0 rings (SSSR count). The van der Waals surface area contributed by atoms with Gasteiger partial charge in [-0.3, -0.25) is 0 Å². The minimum absolute atomic E-state index is 0.0738. The summed E-state index contributed by atoms with van der Waals surface area (Å²) in [7, 11) is 0. The van der Waals surface area contributed by atoms with Gasteiger partial charge < -0.3 is 15.9 Å². The Balaban J connectivity index is 5.09. The standard InChI is InChI=1S/C10H17NO2/c1-4-8(6-12)9(5-11)10(13)7(2)3/h4,12-13H,2,5-6,11H2,1,3H3/b8-4-,10-9+. The quantitative estimate of drug-likeness (QED) is 0.454. The molecule has 0 aliphatic heterocycles. The first-order valence-corrected chi connectivity index (χ1v) is 4.12. The van der Waals surface area contributed by atoms with Gasteiger partial charge in [-0.2, -0.15) is 0 Å².